The van der Waals surface area contributed by atoms with Crippen molar-refractivity contribution in [3.8, 4) is 5.75 Å². The number of aryl methyl sites for hydroxylation is 2. The highest BCUT2D eigenvalue weighted by Crippen LogP contribution is 2.20. The van der Waals surface area contributed by atoms with Crippen molar-refractivity contribution in [1.29, 1.82) is 0 Å². The van der Waals surface area contributed by atoms with Gasteiger partial charge in [-0.2, -0.15) is 0 Å². The molecule has 186 valence electrons. The second-order valence-corrected chi connectivity index (χ2v) is 9.36. The van der Waals surface area contributed by atoms with Crippen LogP contribution in [0.1, 0.15) is 43.0 Å². The van der Waals surface area contributed by atoms with Crippen molar-refractivity contribution in [3.05, 3.63) is 101 Å². The third kappa shape index (κ3) is 7.22. The number of nitrogens with zero attached hydrogens (tertiary/aromatic N) is 1. The number of hydrogen-bond donors (Lipinski definition) is 2. The Labute approximate surface area is 217 Å². The molecule has 6 heteroatoms. The summed E-state index contributed by atoms with van der Waals surface area (Å²) in [6, 6.07) is 26.0. The van der Waals surface area contributed by atoms with Crippen molar-refractivity contribution in [3.63, 3.8) is 0 Å². The van der Waals surface area contributed by atoms with Crippen LogP contribution in [0.15, 0.2) is 78.9 Å². The Bertz CT molecular complexity index is 1310. The van der Waals surface area contributed by atoms with Gasteiger partial charge in [0.15, 0.2) is 6.10 Å². The van der Waals surface area contributed by atoms with E-state index in [2.05, 4.69) is 41.7 Å². The first kappa shape index (κ1) is 25.5. The molecular weight excluding hydrogens is 472 g/mol. The summed E-state index contributed by atoms with van der Waals surface area (Å²) in [6.45, 7) is 2.70. The largest absolute Gasteiger partial charge is 0.479 e. The van der Waals surface area contributed by atoms with Crippen LogP contribution in [-0.4, -0.2) is 22.2 Å². The molecule has 2 N–H and O–H groups in total. The molecule has 1 unspecified atom stereocenters. The van der Waals surface area contributed by atoms with Crippen molar-refractivity contribution in [2.45, 2.75) is 51.7 Å². The van der Waals surface area contributed by atoms with Crippen molar-refractivity contribution < 1.29 is 14.6 Å². The minimum Gasteiger partial charge on any atom is -0.479 e. The summed E-state index contributed by atoms with van der Waals surface area (Å²) in [6.07, 6.45) is 3.21. The van der Waals surface area contributed by atoms with E-state index >= 15 is 0 Å². The van der Waals surface area contributed by atoms with Gasteiger partial charge in [0.1, 0.15) is 5.75 Å². The van der Waals surface area contributed by atoms with Crippen LogP contribution in [0.3, 0.4) is 0 Å². The second-order valence-electron chi connectivity index (χ2n) is 8.92. The standard InChI is InChI=1S/C30H31ClN2O3/c1-2-3-7-29(30(34)35)36-27-16-9-22(10-17-27)20-32-26-6-4-5-21(18-26)8-14-25-15-12-23-11-13-24(31)19-28(23)33-25/h4-6,9-13,15-19,29,32H,2-3,7-8,14,20H2,1H3,(H,34,35). The fraction of sp³-hybridized carbons (Fsp3) is 0.267. The zero-order valence-electron chi connectivity index (χ0n) is 20.4. The zero-order chi connectivity index (χ0) is 25.3. The average molecular weight is 503 g/mol. The number of aliphatic carboxylic acids is 1. The van der Waals surface area contributed by atoms with E-state index in [4.69, 9.17) is 21.3 Å². The average Bonchev–Trinajstić information content (AvgIpc) is 2.89. The first-order valence-electron chi connectivity index (χ1n) is 12.4. The number of ether oxygens (including phenoxy) is 1. The van der Waals surface area contributed by atoms with Crippen molar-refractivity contribution in [2.75, 3.05) is 5.32 Å². The van der Waals surface area contributed by atoms with Gasteiger partial charge in [-0.05, 0) is 79.3 Å². The fourth-order valence-electron chi connectivity index (χ4n) is 4.06. The lowest BCUT2D eigenvalue weighted by atomic mass is 10.1. The SMILES string of the molecule is CCCCC(Oc1ccc(CNc2cccc(CCc3ccc4ccc(Cl)cc4n3)c2)cc1)C(=O)O. The molecule has 0 saturated heterocycles. The molecule has 0 spiro atoms. The van der Waals surface area contributed by atoms with Gasteiger partial charge in [-0.25, -0.2) is 4.79 Å². The van der Waals surface area contributed by atoms with Crippen LogP contribution in [0, 0.1) is 0 Å². The molecule has 36 heavy (non-hydrogen) atoms. The van der Waals surface area contributed by atoms with E-state index in [1.807, 2.05) is 49.4 Å². The number of rotatable bonds is 12. The van der Waals surface area contributed by atoms with Crippen LogP contribution < -0.4 is 10.1 Å². The summed E-state index contributed by atoms with van der Waals surface area (Å²) in [5.41, 5.74) is 5.35. The Kier molecular flexibility index (Phi) is 8.80. The van der Waals surface area contributed by atoms with E-state index in [1.165, 1.54) is 5.56 Å². The molecule has 1 atom stereocenters. The highest BCUT2D eigenvalue weighted by atomic mass is 35.5. The van der Waals surface area contributed by atoms with Gasteiger partial charge in [0.05, 0.1) is 5.52 Å². The molecule has 0 saturated carbocycles. The lowest BCUT2D eigenvalue weighted by Gasteiger charge is -2.15. The summed E-state index contributed by atoms with van der Waals surface area (Å²) < 4.78 is 5.67. The minimum atomic E-state index is -0.921. The number of carbonyl (C=O) groups is 1. The molecule has 4 rings (SSSR count). The monoisotopic (exact) mass is 502 g/mol. The maximum atomic E-state index is 11.4. The first-order chi connectivity index (χ1) is 17.5. The molecule has 0 bridgehead atoms. The molecule has 3 aromatic carbocycles. The van der Waals surface area contributed by atoms with Crippen LogP contribution in [-0.2, 0) is 24.2 Å². The highest BCUT2D eigenvalue weighted by molar-refractivity contribution is 6.31. The Hall–Kier alpha value is -3.57. The van der Waals surface area contributed by atoms with E-state index in [9.17, 15) is 9.90 Å². The normalized spacial score (nSPS) is 11.8. The predicted octanol–water partition coefficient (Wildman–Crippen LogP) is 7.31. The van der Waals surface area contributed by atoms with Crippen LogP contribution >= 0.6 is 11.6 Å². The van der Waals surface area contributed by atoms with E-state index in [-0.39, 0.29) is 0 Å². The highest BCUT2D eigenvalue weighted by Gasteiger charge is 2.18. The summed E-state index contributed by atoms with van der Waals surface area (Å²) in [5.74, 6) is -0.344. The molecule has 1 heterocycles. The number of hydrogen-bond acceptors (Lipinski definition) is 4. The predicted molar refractivity (Wildman–Crippen MR) is 146 cm³/mol. The van der Waals surface area contributed by atoms with Gasteiger partial charge in [0.25, 0.3) is 0 Å². The number of benzene rings is 3. The van der Waals surface area contributed by atoms with E-state index in [0.29, 0.717) is 23.7 Å². The van der Waals surface area contributed by atoms with E-state index in [0.717, 1.165) is 53.5 Å². The number of unbranched alkanes of at least 4 members (excludes halogenated alkanes) is 1. The van der Waals surface area contributed by atoms with Crippen LogP contribution in [0.25, 0.3) is 10.9 Å². The quantitative estimate of drug-likeness (QED) is 0.212. The summed E-state index contributed by atoms with van der Waals surface area (Å²) >= 11 is 6.12. The lowest BCUT2D eigenvalue weighted by molar-refractivity contribution is -0.145. The van der Waals surface area contributed by atoms with Gasteiger partial charge in [-0.3, -0.25) is 4.98 Å². The molecule has 5 nitrogen and oxygen atoms in total. The van der Waals surface area contributed by atoms with E-state index < -0.39 is 12.1 Å². The van der Waals surface area contributed by atoms with Gasteiger partial charge < -0.3 is 15.2 Å². The third-order valence-corrected chi connectivity index (χ3v) is 6.34. The van der Waals surface area contributed by atoms with Crippen LogP contribution in [0.5, 0.6) is 5.75 Å². The first-order valence-corrected chi connectivity index (χ1v) is 12.7. The number of nitrogens with one attached hydrogen (secondary N) is 1. The van der Waals surface area contributed by atoms with Gasteiger partial charge in [-0.1, -0.05) is 61.3 Å². The number of anilines is 1. The second kappa shape index (κ2) is 12.4. The smallest absolute Gasteiger partial charge is 0.344 e. The number of carboxylic acid groups (broad SMARTS) is 1. The zero-order valence-corrected chi connectivity index (χ0v) is 21.2. The lowest BCUT2D eigenvalue weighted by Crippen LogP contribution is -2.26. The Morgan fingerprint density at radius 3 is 2.58 bits per heavy atom. The third-order valence-electron chi connectivity index (χ3n) is 6.10. The minimum absolute atomic E-state index is 0.511. The number of aromatic nitrogens is 1. The fourth-order valence-corrected chi connectivity index (χ4v) is 4.22. The molecule has 0 fully saturated rings. The van der Waals surface area contributed by atoms with Gasteiger partial charge in [-0.15, -0.1) is 0 Å². The molecular formula is C30H31ClN2O3. The van der Waals surface area contributed by atoms with Crippen LogP contribution in [0.2, 0.25) is 5.02 Å². The van der Waals surface area contributed by atoms with Crippen molar-refractivity contribution >= 4 is 34.2 Å². The molecule has 0 aliphatic heterocycles. The molecule has 0 radical (unpaired) electrons. The Morgan fingerprint density at radius 2 is 1.81 bits per heavy atom. The van der Waals surface area contributed by atoms with E-state index in [1.54, 1.807) is 0 Å². The van der Waals surface area contributed by atoms with Gasteiger partial charge in [0, 0.05) is 28.3 Å². The number of halogens is 1. The molecule has 0 aliphatic carbocycles. The molecule has 0 aliphatic rings. The van der Waals surface area contributed by atoms with Crippen molar-refractivity contribution in [1.82, 2.24) is 4.98 Å². The Balaban J connectivity index is 1.31. The molecule has 0 amide bonds. The summed E-state index contributed by atoms with van der Waals surface area (Å²) in [7, 11) is 0. The number of fused-ring (bicyclic) bond motifs is 1. The van der Waals surface area contributed by atoms with Gasteiger partial charge in [0.2, 0.25) is 0 Å². The maximum absolute atomic E-state index is 11.4. The number of pyridine rings is 1. The molecule has 1 aromatic heterocycles. The number of carboxylic acids is 1. The van der Waals surface area contributed by atoms with Gasteiger partial charge >= 0.3 is 5.97 Å². The Morgan fingerprint density at radius 1 is 1.00 bits per heavy atom. The van der Waals surface area contributed by atoms with Crippen molar-refractivity contribution in [2.24, 2.45) is 0 Å². The topological polar surface area (TPSA) is 71.5 Å². The molecule has 4 aromatic rings. The van der Waals surface area contributed by atoms with Crippen LogP contribution in [0.4, 0.5) is 5.69 Å². The summed E-state index contributed by atoms with van der Waals surface area (Å²) in [4.78, 5) is 16.2. The summed E-state index contributed by atoms with van der Waals surface area (Å²) in [5, 5.41) is 14.6. The maximum Gasteiger partial charge on any atom is 0.344 e.